The molecule has 0 N–H and O–H groups in total. The van der Waals surface area contributed by atoms with E-state index in [0.29, 0.717) is 18.8 Å². The molecule has 0 aromatic heterocycles. The molecule has 0 bridgehead atoms. The molecule has 2 rings (SSSR count). The Morgan fingerprint density at radius 2 is 2.19 bits per heavy atom. The first-order chi connectivity index (χ1) is 7.59. The van der Waals surface area contributed by atoms with E-state index in [1.807, 2.05) is 13.8 Å². The van der Waals surface area contributed by atoms with Crippen LogP contribution in [-0.4, -0.2) is 19.2 Å². The third-order valence-corrected chi connectivity index (χ3v) is 2.67. The molecule has 0 saturated carbocycles. The van der Waals surface area contributed by atoms with Crippen LogP contribution in [0.2, 0.25) is 0 Å². The van der Waals surface area contributed by atoms with Crippen molar-refractivity contribution < 1.29 is 13.9 Å². The van der Waals surface area contributed by atoms with Crippen molar-refractivity contribution in [3.63, 3.8) is 0 Å². The Labute approximate surface area is 93.8 Å². The van der Waals surface area contributed by atoms with Crippen LogP contribution in [0.4, 0.5) is 14.9 Å². The molecular formula is C12H14FNO2. The maximum Gasteiger partial charge on any atom is 0.414 e. The van der Waals surface area contributed by atoms with E-state index >= 15 is 0 Å². The van der Waals surface area contributed by atoms with Gasteiger partial charge in [-0.15, -0.1) is 0 Å². The summed E-state index contributed by atoms with van der Waals surface area (Å²) in [5.41, 5.74) is 1.58. The summed E-state index contributed by atoms with van der Waals surface area (Å²) in [6.07, 6.45) is -0.396. The van der Waals surface area contributed by atoms with Gasteiger partial charge in [-0.3, -0.25) is 4.90 Å². The van der Waals surface area contributed by atoms with Gasteiger partial charge >= 0.3 is 6.09 Å². The molecule has 16 heavy (non-hydrogen) atoms. The van der Waals surface area contributed by atoms with Crippen molar-refractivity contribution in [2.45, 2.75) is 19.8 Å². The summed E-state index contributed by atoms with van der Waals surface area (Å²) in [4.78, 5) is 12.9. The average Bonchev–Trinajstić information content (AvgIpc) is 2.63. The van der Waals surface area contributed by atoms with E-state index in [-0.39, 0.29) is 11.7 Å². The van der Waals surface area contributed by atoms with Crippen LogP contribution in [0.25, 0.3) is 0 Å². The van der Waals surface area contributed by atoms with Crippen LogP contribution >= 0.6 is 0 Å². The lowest BCUT2D eigenvalue weighted by molar-refractivity contribution is 0.181. The second-order valence-corrected chi connectivity index (χ2v) is 4.12. The zero-order chi connectivity index (χ0) is 11.7. The predicted octanol–water partition coefficient (Wildman–Crippen LogP) is 2.91. The van der Waals surface area contributed by atoms with Crippen molar-refractivity contribution in [2.75, 3.05) is 18.1 Å². The maximum absolute atomic E-state index is 13.2. The molecule has 1 heterocycles. The summed E-state index contributed by atoms with van der Waals surface area (Å²) in [5.74, 6) is -0.0944. The van der Waals surface area contributed by atoms with E-state index in [1.165, 1.54) is 17.0 Å². The number of cyclic esters (lactones) is 1. The SMILES string of the molecule is CC(C)c1ccc(F)cc1N1CCOC1=O. The summed E-state index contributed by atoms with van der Waals surface area (Å²) in [6, 6.07) is 4.53. The molecule has 1 saturated heterocycles. The topological polar surface area (TPSA) is 29.5 Å². The number of hydrogen-bond donors (Lipinski definition) is 0. The van der Waals surface area contributed by atoms with Crippen molar-refractivity contribution in [3.05, 3.63) is 29.6 Å². The van der Waals surface area contributed by atoms with Crippen LogP contribution in [0, 0.1) is 5.82 Å². The highest BCUT2D eigenvalue weighted by Gasteiger charge is 2.26. The molecule has 1 aliphatic rings. The monoisotopic (exact) mass is 223 g/mol. The smallest absolute Gasteiger partial charge is 0.414 e. The van der Waals surface area contributed by atoms with Gasteiger partial charge in [-0.25, -0.2) is 9.18 Å². The second-order valence-electron chi connectivity index (χ2n) is 4.12. The molecule has 0 atom stereocenters. The fourth-order valence-electron chi connectivity index (χ4n) is 1.85. The first-order valence-electron chi connectivity index (χ1n) is 5.33. The van der Waals surface area contributed by atoms with Gasteiger partial charge in [0.05, 0.1) is 12.2 Å². The van der Waals surface area contributed by atoms with Gasteiger partial charge < -0.3 is 4.74 Å². The third-order valence-electron chi connectivity index (χ3n) is 2.67. The number of carbonyl (C=O) groups excluding carboxylic acids is 1. The van der Waals surface area contributed by atoms with Crippen molar-refractivity contribution in [2.24, 2.45) is 0 Å². The Morgan fingerprint density at radius 3 is 2.75 bits per heavy atom. The van der Waals surface area contributed by atoms with Crippen LogP contribution in [-0.2, 0) is 4.74 Å². The van der Waals surface area contributed by atoms with Gasteiger partial charge in [0.25, 0.3) is 0 Å². The fourth-order valence-corrected chi connectivity index (χ4v) is 1.85. The largest absolute Gasteiger partial charge is 0.447 e. The summed E-state index contributed by atoms with van der Waals surface area (Å²) in [7, 11) is 0. The second kappa shape index (κ2) is 4.12. The molecule has 86 valence electrons. The minimum Gasteiger partial charge on any atom is -0.447 e. The van der Waals surface area contributed by atoms with Gasteiger partial charge in [0.15, 0.2) is 0 Å². The molecule has 1 amide bonds. The van der Waals surface area contributed by atoms with Crippen molar-refractivity contribution >= 4 is 11.8 Å². The van der Waals surface area contributed by atoms with Crippen molar-refractivity contribution in [1.82, 2.24) is 0 Å². The number of benzene rings is 1. The van der Waals surface area contributed by atoms with E-state index in [0.717, 1.165) is 5.56 Å². The molecule has 3 nitrogen and oxygen atoms in total. The highest BCUT2D eigenvalue weighted by atomic mass is 19.1. The van der Waals surface area contributed by atoms with Gasteiger partial charge in [-0.2, -0.15) is 0 Å². The summed E-state index contributed by atoms with van der Waals surface area (Å²) in [5, 5.41) is 0. The molecule has 0 radical (unpaired) electrons. The van der Waals surface area contributed by atoms with E-state index in [1.54, 1.807) is 6.07 Å². The zero-order valence-corrected chi connectivity index (χ0v) is 9.37. The Hall–Kier alpha value is -1.58. The van der Waals surface area contributed by atoms with Crippen LogP contribution in [0.1, 0.15) is 25.3 Å². The number of carbonyl (C=O) groups is 1. The Morgan fingerprint density at radius 1 is 1.44 bits per heavy atom. The van der Waals surface area contributed by atoms with E-state index in [9.17, 15) is 9.18 Å². The standard InChI is InChI=1S/C12H14FNO2/c1-8(2)10-4-3-9(13)7-11(10)14-5-6-16-12(14)15/h3-4,7-8H,5-6H2,1-2H3. The minimum atomic E-state index is -0.396. The molecule has 1 fully saturated rings. The van der Waals surface area contributed by atoms with E-state index in [4.69, 9.17) is 4.74 Å². The highest BCUT2D eigenvalue weighted by molar-refractivity contribution is 5.90. The van der Waals surface area contributed by atoms with Crippen LogP contribution in [0.3, 0.4) is 0 Å². The lowest BCUT2D eigenvalue weighted by Gasteiger charge is -2.19. The Kier molecular flexibility index (Phi) is 2.81. The van der Waals surface area contributed by atoms with Crippen LogP contribution < -0.4 is 4.90 Å². The molecular weight excluding hydrogens is 209 g/mol. The van der Waals surface area contributed by atoms with E-state index < -0.39 is 6.09 Å². The molecule has 1 aliphatic heterocycles. The molecule has 1 aromatic carbocycles. The lowest BCUT2D eigenvalue weighted by atomic mass is 10.0. The third kappa shape index (κ3) is 1.87. The Bertz CT molecular complexity index is 417. The quantitative estimate of drug-likeness (QED) is 0.771. The summed E-state index contributed by atoms with van der Waals surface area (Å²) < 4.78 is 18.1. The van der Waals surface area contributed by atoms with Gasteiger partial charge in [-0.05, 0) is 23.6 Å². The van der Waals surface area contributed by atoms with Crippen LogP contribution in [0.15, 0.2) is 18.2 Å². The van der Waals surface area contributed by atoms with Crippen LogP contribution in [0.5, 0.6) is 0 Å². The fraction of sp³-hybridized carbons (Fsp3) is 0.417. The number of amides is 1. The van der Waals surface area contributed by atoms with Crippen molar-refractivity contribution in [1.29, 1.82) is 0 Å². The highest BCUT2D eigenvalue weighted by Crippen LogP contribution is 2.30. The van der Waals surface area contributed by atoms with E-state index in [2.05, 4.69) is 0 Å². The first kappa shape index (κ1) is 10.9. The number of halogens is 1. The lowest BCUT2D eigenvalue weighted by Crippen LogP contribution is -2.25. The van der Waals surface area contributed by atoms with Gasteiger partial charge in [-0.1, -0.05) is 19.9 Å². The van der Waals surface area contributed by atoms with Gasteiger partial charge in [0, 0.05) is 0 Å². The number of nitrogens with zero attached hydrogens (tertiary/aromatic N) is 1. The maximum atomic E-state index is 13.2. The number of anilines is 1. The number of rotatable bonds is 2. The minimum absolute atomic E-state index is 0.240. The molecule has 0 unspecified atom stereocenters. The number of ether oxygens (including phenoxy) is 1. The normalized spacial score (nSPS) is 15.8. The Balaban J connectivity index is 2.44. The van der Waals surface area contributed by atoms with Crippen molar-refractivity contribution in [3.8, 4) is 0 Å². The summed E-state index contributed by atoms with van der Waals surface area (Å²) in [6.45, 7) is 4.88. The molecule has 1 aromatic rings. The zero-order valence-electron chi connectivity index (χ0n) is 9.37. The molecule has 0 aliphatic carbocycles. The first-order valence-corrected chi connectivity index (χ1v) is 5.33. The average molecular weight is 223 g/mol. The van der Waals surface area contributed by atoms with Gasteiger partial charge in [0.1, 0.15) is 12.4 Å². The van der Waals surface area contributed by atoms with Gasteiger partial charge in [0.2, 0.25) is 0 Å². The molecule has 4 heteroatoms. The number of hydrogen-bond acceptors (Lipinski definition) is 2. The molecule has 0 spiro atoms. The summed E-state index contributed by atoms with van der Waals surface area (Å²) >= 11 is 0. The predicted molar refractivity (Wildman–Crippen MR) is 59.2 cm³/mol.